The number of halogens is 1. The van der Waals surface area contributed by atoms with Crippen LogP contribution in [-0.4, -0.2) is 21.2 Å². The molecular formula is C22H18ClN3O2S2. The van der Waals surface area contributed by atoms with Gasteiger partial charge in [-0.3, -0.25) is 14.2 Å². The molecule has 0 fully saturated rings. The van der Waals surface area contributed by atoms with Crippen LogP contribution in [0, 0.1) is 0 Å². The second-order valence-electron chi connectivity index (χ2n) is 6.64. The predicted octanol–water partition coefficient (Wildman–Crippen LogP) is 4.65. The molecule has 4 aromatic rings. The van der Waals surface area contributed by atoms with E-state index in [-0.39, 0.29) is 23.3 Å². The van der Waals surface area contributed by atoms with E-state index in [9.17, 15) is 9.59 Å². The Balaban J connectivity index is 1.53. The fourth-order valence-electron chi connectivity index (χ4n) is 3.09. The van der Waals surface area contributed by atoms with Gasteiger partial charge in [0.2, 0.25) is 5.91 Å². The predicted molar refractivity (Wildman–Crippen MR) is 123 cm³/mol. The first kappa shape index (κ1) is 20.7. The molecule has 2 aromatic heterocycles. The minimum absolute atomic E-state index is 0.0961. The van der Waals surface area contributed by atoms with Crippen LogP contribution in [0.4, 0.5) is 0 Å². The monoisotopic (exact) mass is 455 g/mol. The number of carbonyl (C=O) groups is 1. The summed E-state index contributed by atoms with van der Waals surface area (Å²) in [6.45, 7) is 0. The zero-order valence-electron chi connectivity index (χ0n) is 16.0. The van der Waals surface area contributed by atoms with Crippen molar-refractivity contribution in [3.05, 3.63) is 92.5 Å². The lowest BCUT2D eigenvalue weighted by atomic mass is 9.99. The number of nitrogens with zero attached hydrogens (tertiary/aromatic N) is 2. The normalized spacial score (nSPS) is 12.1. The minimum atomic E-state index is -0.298. The Hall–Kier alpha value is -2.61. The fourth-order valence-corrected chi connectivity index (χ4v) is 4.80. The maximum absolute atomic E-state index is 12.8. The van der Waals surface area contributed by atoms with Gasteiger partial charge in [-0.25, -0.2) is 4.98 Å². The lowest BCUT2D eigenvalue weighted by molar-refractivity contribution is -0.119. The molecule has 1 amide bonds. The zero-order valence-corrected chi connectivity index (χ0v) is 18.4. The number of thiophene rings is 1. The van der Waals surface area contributed by atoms with Gasteiger partial charge in [-0.2, -0.15) is 0 Å². The fraction of sp³-hybridized carbons (Fsp3) is 0.136. The topological polar surface area (TPSA) is 64.0 Å². The molecule has 2 aromatic carbocycles. The molecule has 0 saturated heterocycles. The van der Waals surface area contributed by atoms with Crippen molar-refractivity contribution in [1.82, 2.24) is 14.9 Å². The zero-order chi connectivity index (χ0) is 21.1. The van der Waals surface area contributed by atoms with Crippen LogP contribution in [0.5, 0.6) is 0 Å². The van der Waals surface area contributed by atoms with E-state index in [0.29, 0.717) is 20.4 Å². The summed E-state index contributed by atoms with van der Waals surface area (Å²) in [6.07, 6.45) is 0. The van der Waals surface area contributed by atoms with Crippen molar-refractivity contribution in [2.24, 2.45) is 7.05 Å². The number of hydrogen-bond acceptors (Lipinski definition) is 5. The molecule has 0 aliphatic heterocycles. The van der Waals surface area contributed by atoms with Gasteiger partial charge in [0.1, 0.15) is 4.70 Å². The molecule has 1 atom stereocenters. The molecule has 0 aliphatic carbocycles. The number of nitrogens with one attached hydrogen (secondary N) is 1. The van der Waals surface area contributed by atoms with Crippen molar-refractivity contribution in [2.45, 2.75) is 11.2 Å². The first-order valence-corrected chi connectivity index (χ1v) is 11.4. The number of aromatic nitrogens is 2. The van der Waals surface area contributed by atoms with Gasteiger partial charge >= 0.3 is 0 Å². The third-order valence-electron chi connectivity index (χ3n) is 4.62. The Morgan fingerprint density at radius 3 is 2.57 bits per heavy atom. The summed E-state index contributed by atoms with van der Waals surface area (Å²) >= 11 is 8.64. The highest BCUT2D eigenvalue weighted by Gasteiger charge is 2.18. The van der Waals surface area contributed by atoms with E-state index in [2.05, 4.69) is 10.3 Å². The summed E-state index contributed by atoms with van der Waals surface area (Å²) in [6, 6.07) is 18.7. The molecular weight excluding hydrogens is 438 g/mol. The largest absolute Gasteiger partial charge is 0.344 e. The van der Waals surface area contributed by atoms with Crippen LogP contribution >= 0.6 is 34.7 Å². The summed E-state index contributed by atoms with van der Waals surface area (Å²) in [4.78, 5) is 29.7. The molecule has 0 radical (unpaired) electrons. The molecule has 4 rings (SSSR count). The Labute approximate surface area is 186 Å². The van der Waals surface area contributed by atoms with Gasteiger partial charge in [-0.1, -0.05) is 65.8 Å². The van der Waals surface area contributed by atoms with Gasteiger partial charge in [-0.15, -0.1) is 11.3 Å². The highest BCUT2D eigenvalue weighted by Crippen LogP contribution is 2.25. The third-order valence-corrected chi connectivity index (χ3v) is 6.79. The molecule has 0 saturated carbocycles. The summed E-state index contributed by atoms with van der Waals surface area (Å²) in [5, 5.41) is 6.09. The van der Waals surface area contributed by atoms with E-state index < -0.39 is 0 Å². The Bertz CT molecular complexity index is 1240. The van der Waals surface area contributed by atoms with Gasteiger partial charge in [-0.05, 0) is 34.7 Å². The number of hydrogen-bond donors (Lipinski definition) is 1. The molecule has 2 heterocycles. The van der Waals surface area contributed by atoms with Gasteiger partial charge in [0, 0.05) is 12.1 Å². The van der Waals surface area contributed by atoms with Crippen LogP contribution in [0.2, 0.25) is 5.02 Å². The average Bonchev–Trinajstić information content (AvgIpc) is 3.24. The molecule has 1 unspecified atom stereocenters. The molecule has 152 valence electrons. The second kappa shape index (κ2) is 9.04. The highest BCUT2D eigenvalue weighted by molar-refractivity contribution is 7.99. The van der Waals surface area contributed by atoms with Crippen molar-refractivity contribution < 1.29 is 4.79 Å². The van der Waals surface area contributed by atoms with E-state index in [4.69, 9.17) is 11.6 Å². The SMILES string of the molecule is Cn1c(SCC(=O)NC(c2ccccc2)c2ccc(Cl)cc2)nc2ccsc2c1=O. The van der Waals surface area contributed by atoms with E-state index in [1.165, 1.54) is 27.7 Å². The first-order valence-electron chi connectivity index (χ1n) is 9.20. The first-order chi connectivity index (χ1) is 14.5. The van der Waals surface area contributed by atoms with E-state index in [1.54, 1.807) is 7.05 Å². The van der Waals surface area contributed by atoms with Crippen molar-refractivity contribution >= 4 is 50.8 Å². The minimum Gasteiger partial charge on any atom is -0.344 e. The van der Waals surface area contributed by atoms with E-state index >= 15 is 0 Å². The summed E-state index contributed by atoms with van der Waals surface area (Å²) in [7, 11) is 1.68. The van der Waals surface area contributed by atoms with Crippen LogP contribution in [0.1, 0.15) is 17.2 Å². The number of amides is 1. The smallest absolute Gasteiger partial charge is 0.271 e. The van der Waals surface area contributed by atoms with Crippen molar-refractivity contribution in [1.29, 1.82) is 0 Å². The quantitative estimate of drug-likeness (QED) is 0.339. The molecule has 0 aliphatic rings. The van der Waals surface area contributed by atoms with Gasteiger partial charge in [0.25, 0.3) is 5.56 Å². The lowest BCUT2D eigenvalue weighted by Gasteiger charge is -2.20. The Morgan fingerprint density at radius 2 is 1.83 bits per heavy atom. The van der Waals surface area contributed by atoms with Crippen molar-refractivity contribution in [2.75, 3.05) is 5.75 Å². The van der Waals surface area contributed by atoms with Gasteiger partial charge in [0.05, 0.1) is 17.3 Å². The standard InChI is InChI=1S/C22H18ClN3O2S2/c1-26-21(28)20-17(11-12-29-20)24-22(26)30-13-18(27)25-19(14-5-3-2-4-6-14)15-7-9-16(23)10-8-15/h2-12,19H,13H2,1H3,(H,25,27). The molecule has 5 nitrogen and oxygen atoms in total. The lowest BCUT2D eigenvalue weighted by Crippen LogP contribution is -2.31. The number of benzene rings is 2. The van der Waals surface area contributed by atoms with Crippen LogP contribution in [0.15, 0.2) is 76.0 Å². The average molecular weight is 456 g/mol. The summed E-state index contributed by atoms with van der Waals surface area (Å²) in [5.41, 5.74) is 2.48. The third kappa shape index (κ3) is 4.43. The van der Waals surface area contributed by atoms with Crippen LogP contribution in [-0.2, 0) is 11.8 Å². The Kier molecular flexibility index (Phi) is 6.22. The molecule has 0 bridgehead atoms. The summed E-state index contributed by atoms with van der Waals surface area (Å²) in [5.74, 6) is -0.00389. The van der Waals surface area contributed by atoms with Crippen LogP contribution < -0.4 is 10.9 Å². The Morgan fingerprint density at radius 1 is 1.13 bits per heavy atom. The van der Waals surface area contributed by atoms with Gasteiger partial charge < -0.3 is 5.32 Å². The maximum Gasteiger partial charge on any atom is 0.271 e. The van der Waals surface area contributed by atoms with E-state index in [1.807, 2.05) is 66.0 Å². The van der Waals surface area contributed by atoms with Crippen LogP contribution in [0.25, 0.3) is 10.2 Å². The van der Waals surface area contributed by atoms with Crippen molar-refractivity contribution in [3.8, 4) is 0 Å². The number of carbonyl (C=O) groups excluding carboxylic acids is 1. The molecule has 1 N–H and O–H groups in total. The number of thioether (sulfide) groups is 1. The van der Waals surface area contributed by atoms with Crippen LogP contribution in [0.3, 0.4) is 0 Å². The maximum atomic E-state index is 12.8. The highest BCUT2D eigenvalue weighted by atomic mass is 35.5. The second-order valence-corrected chi connectivity index (χ2v) is 8.94. The van der Waals surface area contributed by atoms with E-state index in [0.717, 1.165) is 11.1 Å². The van der Waals surface area contributed by atoms with Gasteiger partial charge in [0.15, 0.2) is 5.16 Å². The number of rotatable bonds is 6. The number of fused-ring (bicyclic) bond motifs is 1. The molecule has 0 spiro atoms. The molecule has 30 heavy (non-hydrogen) atoms. The molecule has 8 heteroatoms. The summed E-state index contributed by atoms with van der Waals surface area (Å²) < 4.78 is 2.11. The van der Waals surface area contributed by atoms with Crippen molar-refractivity contribution in [3.63, 3.8) is 0 Å².